The van der Waals surface area contributed by atoms with Crippen LogP contribution in [-0.2, 0) is 25.6 Å². The second-order valence-corrected chi connectivity index (χ2v) is 9.89. The van der Waals surface area contributed by atoms with Gasteiger partial charge in [-0.15, -0.1) is 10.2 Å². The molecule has 2 saturated heterocycles. The Bertz CT molecular complexity index is 1270. The third-order valence-corrected chi connectivity index (χ3v) is 7.10. The summed E-state index contributed by atoms with van der Waals surface area (Å²) in [5.74, 6) is -0.155. The number of methoxy groups -OCH3 is 1. The summed E-state index contributed by atoms with van der Waals surface area (Å²) in [6.07, 6.45) is 3.13. The van der Waals surface area contributed by atoms with Crippen molar-refractivity contribution in [3.63, 3.8) is 0 Å². The lowest BCUT2D eigenvalue weighted by Crippen LogP contribution is -2.48. The number of amides is 2. The molecule has 0 unspecified atom stereocenters. The minimum Gasteiger partial charge on any atom is -0.497 e. The summed E-state index contributed by atoms with van der Waals surface area (Å²) in [5.41, 5.74) is 1.21. The van der Waals surface area contributed by atoms with Gasteiger partial charge in [0.1, 0.15) is 24.2 Å². The van der Waals surface area contributed by atoms with E-state index < -0.39 is 17.8 Å². The fourth-order valence-corrected chi connectivity index (χ4v) is 4.97. The van der Waals surface area contributed by atoms with Gasteiger partial charge in [0.2, 0.25) is 17.6 Å². The fraction of sp³-hybridized carbons (Fsp3) is 0.464. The van der Waals surface area contributed by atoms with Crippen LogP contribution in [0.3, 0.4) is 0 Å². The van der Waals surface area contributed by atoms with E-state index in [0.29, 0.717) is 42.5 Å². The lowest BCUT2D eigenvalue weighted by Gasteiger charge is -2.33. The van der Waals surface area contributed by atoms with Crippen molar-refractivity contribution in [3.8, 4) is 17.1 Å². The van der Waals surface area contributed by atoms with E-state index >= 15 is 0 Å². The molecule has 2 aliphatic heterocycles. The third kappa shape index (κ3) is 6.80. The van der Waals surface area contributed by atoms with Gasteiger partial charge < -0.3 is 24.4 Å². The molecule has 0 saturated carbocycles. The van der Waals surface area contributed by atoms with Crippen LogP contribution in [-0.4, -0.2) is 82.5 Å². The molecule has 1 aromatic heterocycles. The summed E-state index contributed by atoms with van der Waals surface area (Å²) < 4.78 is 30.5. The molecule has 1 N–H and O–H groups in total. The lowest BCUT2D eigenvalue weighted by atomic mass is 10.0. The largest absolute Gasteiger partial charge is 0.497 e. The summed E-state index contributed by atoms with van der Waals surface area (Å²) in [5, 5.41) is 15.5. The Labute approximate surface area is 231 Å². The highest BCUT2D eigenvalue weighted by atomic mass is 19.1. The number of aromatic nitrogens is 4. The first-order valence-electron chi connectivity index (χ1n) is 13.5. The van der Waals surface area contributed by atoms with Crippen molar-refractivity contribution >= 4 is 11.8 Å². The molecule has 2 aromatic carbocycles. The number of nitrogens with zero attached hydrogens (tertiary/aromatic N) is 5. The van der Waals surface area contributed by atoms with Crippen LogP contribution in [0.25, 0.3) is 11.4 Å². The molecule has 40 heavy (non-hydrogen) atoms. The first kappa shape index (κ1) is 27.7. The van der Waals surface area contributed by atoms with Gasteiger partial charge in [-0.05, 0) is 72.9 Å². The van der Waals surface area contributed by atoms with Crippen LogP contribution in [0.4, 0.5) is 4.39 Å². The molecular formula is C28H33FN6O5. The predicted molar refractivity (Wildman–Crippen MR) is 142 cm³/mol. The SMILES string of the molecule is COc1ccc(-c2nnn(CC(=O)N(C[C@H]3CCCO3)[C@H](C(=O)NC[C@@H]3CCCO3)c3ccc(F)cc3)n2)cc1. The average molecular weight is 553 g/mol. The van der Waals surface area contributed by atoms with Gasteiger partial charge in [-0.2, -0.15) is 4.80 Å². The molecule has 3 atom stereocenters. The molecule has 0 bridgehead atoms. The zero-order valence-electron chi connectivity index (χ0n) is 22.4. The van der Waals surface area contributed by atoms with Crippen molar-refractivity contribution in [1.82, 2.24) is 30.4 Å². The number of nitrogens with one attached hydrogen (secondary N) is 1. The van der Waals surface area contributed by atoms with Crippen molar-refractivity contribution < 1.29 is 28.2 Å². The van der Waals surface area contributed by atoms with E-state index in [0.717, 1.165) is 25.7 Å². The highest BCUT2D eigenvalue weighted by Crippen LogP contribution is 2.26. The Kier molecular flexibility index (Phi) is 8.97. The van der Waals surface area contributed by atoms with Gasteiger partial charge in [-0.1, -0.05) is 12.1 Å². The van der Waals surface area contributed by atoms with E-state index in [9.17, 15) is 14.0 Å². The molecule has 3 heterocycles. The highest BCUT2D eigenvalue weighted by molar-refractivity contribution is 5.88. The van der Waals surface area contributed by atoms with Crippen LogP contribution in [0.5, 0.6) is 5.75 Å². The molecule has 2 amide bonds. The van der Waals surface area contributed by atoms with E-state index in [-0.39, 0.29) is 31.2 Å². The summed E-state index contributed by atoms with van der Waals surface area (Å²) in [6, 6.07) is 11.8. The molecule has 12 heteroatoms. The second kappa shape index (κ2) is 13.0. The maximum Gasteiger partial charge on any atom is 0.247 e. The van der Waals surface area contributed by atoms with Crippen LogP contribution in [0.2, 0.25) is 0 Å². The Morgan fingerprint density at radius 3 is 2.42 bits per heavy atom. The lowest BCUT2D eigenvalue weighted by molar-refractivity contribution is -0.143. The van der Waals surface area contributed by atoms with E-state index in [2.05, 4.69) is 20.7 Å². The molecule has 0 aliphatic carbocycles. The summed E-state index contributed by atoms with van der Waals surface area (Å²) in [4.78, 5) is 30.1. The molecule has 11 nitrogen and oxygen atoms in total. The maximum atomic E-state index is 13.8. The van der Waals surface area contributed by atoms with Crippen LogP contribution < -0.4 is 10.1 Å². The van der Waals surface area contributed by atoms with Gasteiger partial charge in [0, 0.05) is 31.9 Å². The third-order valence-electron chi connectivity index (χ3n) is 7.10. The molecule has 212 valence electrons. The topological polar surface area (TPSA) is 121 Å². The Balaban J connectivity index is 1.39. The minimum atomic E-state index is -1.01. The van der Waals surface area contributed by atoms with Crippen molar-refractivity contribution in [2.75, 3.05) is 33.4 Å². The number of hydrogen-bond donors (Lipinski definition) is 1. The molecule has 2 fully saturated rings. The van der Waals surface area contributed by atoms with Crippen LogP contribution in [0.15, 0.2) is 48.5 Å². The van der Waals surface area contributed by atoms with E-state index in [4.69, 9.17) is 14.2 Å². The van der Waals surface area contributed by atoms with Crippen LogP contribution in [0, 0.1) is 5.82 Å². The first-order chi connectivity index (χ1) is 19.5. The monoisotopic (exact) mass is 552 g/mol. The molecule has 5 rings (SSSR count). The smallest absolute Gasteiger partial charge is 0.247 e. The minimum absolute atomic E-state index is 0.0733. The van der Waals surface area contributed by atoms with Gasteiger partial charge in [-0.3, -0.25) is 9.59 Å². The van der Waals surface area contributed by atoms with Crippen LogP contribution in [0.1, 0.15) is 37.3 Å². The van der Waals surface area contributed by atoms with E-state index in [1.165, 1.54) is 34.0 Å². The molecule has 0 spiro atoms. The number of ether oxygens (including phenoxy) is 3. The van der Waals surface area contributed by atoms with Gasteiger partial charge in [0.25, 0.3) is 0 Å². The Morgan fingerprint density at radius 1 is 1.07 bits per heavy atom. The average Bonchev–Trinajstić information content (AvgIpc) is 3.76. The van der Waals surface area contributed by atoms with Gasteiger partial charge in [-0.25, -0.2) is 4.39 Å². The zero-order chi connectivity index (χ0) is 27.9. The standard InChI is InChI=1S/C28H33FN6O5/c1-38-22-12-8-20(9-13-22)27-31-33-35(32-27)18-25(36)34(17-24-5-3-15-40-24)26(19-6-10-21(29)11-7-19)28(37)30-16-23-4-2-14-39-23/h6-13,23-24,26H,2-5,14-18H2,1H3,(H,30,37)/t23-,24+,26-/m0/s1. The number of carbonyl (C=O) groups is 2. The quantitative estimate of drug-likeness (QED) is 0.385. The van der Waals surface area contributed by atoms with Crippen molar-refractivity contribution in [1.29, 1.82) is 0 Å². The number of rotatable bonds is 11. The summed E-state index contributed by atoms with van der Waals surface area (Å²) in [7, 11) is 1.58. The van der Waals surface area contributed by atoms with Crippen molar-refractivity contribution in [3.05, 3.63) is 59.9 Å². The Morgan fingerprint density at radius 2 is 1.77 bits per heavy atom. The molecular weight excluding hydrogens is 519 g/mol. The van der Waals surface area contributed by atoms with Gasteiger partial charge >= 0.3 is 0 Å². The van der Waals surface area contributed by atoms with Crippen LogP contribution >= 0.6 is 0 Å². The highest BCUT2D eigenvalue weighted by Gasteiger charge is 2.35. The Hall–Kier alpha value is -3.90. The summed E-state index contributed by atoms with van der Waals surface area (Å²) in [6.45, 7) is 1.53. The number of carbonyl (C=O) groups excluding carboxylic acids is 2. The molecule has 2 aliphatic rings. The number of tetrazole rings is 1. The zero-order valence-corrected chi connectivity index (χ0v) is 22.4. The predicted octanol–water partition coefficient (Wildman–Crippen LogP) is 2.53. The van der Waals surface area contributed by atoms with E-state index in [1.807, 2.05) is 0 Å². The maximum absolute atomic E-state index is 13.8. The number of benzene rings is 2. The summed E-state index contributed by atoms with van der Waals surface area (Å²) >= 11 is 0. The van der Waals surface area contributed by atoms with Gasteiger partial charge in [0.15, 0.2) is 0 Å². The first-order valence-corrected chi connectivity index (χ1v) is 13.5. The number of halogens is 1. The van der Waals surface area contributed by atoms with Gasteiger partial charge in [0.05, 0.1) is 19.3 Å². The molecule has 0 radical (unpaired) electrons. The normalized spacial score (nSPS) is 19.4. The van der Waals surface area contributed by atoms with Crippen molar-refractivity contribution in [2.45, 2.75) is 50.5 Å². The molecule has 3 aromatic rings. The van der Waals surface area contributed by atoms with Crippen molar-refractivity contribution in [2.24, 2.45) is 0 Å². The van der Waals surface area contributed by atoms with E-state index in [1.54, 1.807) is 31.4 Å². The second-order valence-electron chi connectivity index (χ2n) is 9.89. The number of hydrogen-bond acceptors (Lipinski definition) is 8. The fourth-order valence-electron chi connectivity index (χ4n) is 4.97.